The average Bonchev–Trinajstić information content (AvgIpc) is 3.10. The molecule has 6 nitrogen and oxygen atoms in total. The highest BCUT2D eigenvalue weighted by molar-refractivity contribution is 7.12. The van der Waals surface area contributed by atoms with E-state index in [1.54, 1.807) is 30.3 Å². The summed E-state index contributed by atoms with van der Waals surface area (Å²) in [6.45, 7) is 0.390. The van der Waals surface area contributed by atoms with Gasteiger partial charge in [0.1, 0.15) is 0 Å². The summed E-state index contributed by atoms with van der Waals surface area (Å²) in [7, 11) is 0. The second-order valence-corrected chi connectivity index (χ2v) is 6.98. The smallest absolute Gasteiger partial charge is 0.306 e. The number of hydrogen-bond acceptors (Lipinski definition) is 4. The van der Waals surface area contributed by atoms with Crippen LogP contribution in [0, 0.1) is 5.92 Å². The van der Waals surface area contributed by atoms with Gasteiger partial charge in [0.15, 0.2) is 0 Å². The first-order valence-corrected chi connectivity index (χ1v) is 8.85. The number of carboxylic acid groups (broad SMARTS) is 1. The number of carbonyl (C=O) groups is 3. The molecule has 1 aromatic carbocycles. The Hall–Kier alpha value is -2.67. The van der Waals surface area contributed by atoms with Crippen molar-refractivity contribution in [3.8, 4) is 0 Å². The fraction of sp³-hybridized carbons (Fsp3) is 0.278. The van der Waals surface area contributed by atoms with E-state index >= 15 is 0 Å². The van der Waals surface area contributed by atoms with Crippen LogP contribution < -0.4 is 10.6 Å². The van der Waals surface area contributed by atoms with Crippen LogP contribution in [-0.2, 0) is 11.3 Å². The zero-order chi connectivity index (χ0) is 17.8. The lowest BCUT2D eigenvalue weighted by Crippen LogP contribution is -2.46. The number of benzene rings is 1. The maximum absolute atomic E-state index is 12.1. The van der Waals surface area contributed by atoms with Crippen LogP contribution in [0.15, 0.2) is 41.8 Å². The topological polar surface area (TPSA) is 95.5 Å². The summed E-state index contributed by atoms with van der Waals surface area (Å²) in [5.41, 5.74) is 1.42. The molecule has 1 aliphatic carbocycles. The Morgan fingerprint density at radius 2 is 1.80 bits per heavy atom. The highest BCUT2D eigenvalue weighted by Gasteiger charge is 2.35. The summed E-state index contributed by atoms with van der Waals surface area (Å²) >= 11 is 1.39. The molecule has 0 bridgehead atoms. The largest absolute Gasteiger partial charge is 0.481 e. The Balaban J connectivity index is 1.47. The van der Waals surface area contributed by atoms with Crippen molar-refractivity contribution in [1.82, 2.24) is 10.6 Å². The van der Waals surface area contributed by atoms with Gasteiger partial charge in [-0.3, -0.25) is 14.4 Å². The fourth-order valence-electron chi connectivity index (χ4n) is 2.66. The highest BCUT2D eigenvalue weighted by atomic mass is 32.1. The number of aliphatic carboxylic acids is 1. The molecule has 1 aliphatic rings. The summed E-state index contributed by atoms with van der Waals surface area (Å²) in [6.07, 6.45) is 0.960. The summed E-state index contributed by atoms with van der Waals surface area (Å²) in [5.74, 6) is -1.48. The van der Waals surface area contributed by atoms with Crippen LogP contribution in [0.3, 0.4) is 0 Å². The minimum atomic E-state index is -0.806. The van der Waals surface area contributed by atoms with Gasteiger partial charge in [0.2, 0.25) is 0 Å². The van der Waals surface area contributed by atoms with Gasteiger partial charge in [0, 0.05) is 18.2 Å². The summed E-state index contributed by atoms with van der Waals surface area (Å²) in [6, 6.07) is 10.5. The first-order chi connectivity index (χ1) is 12.0. The van der Waals surface area contributed by atoms with Crippen LogP contribution in [0.25, 0.3) is 0 Å². The third-order valence-corrected chi connectivity index (χ3v) is 5.11. The van der Waals surface area contributed by atoms with Gasteiger partial charge in [-0.2, -0.15) is 0 Å². The van der Waals surface area contributed by atoms with Crippen molar-refractivity contribution in [2.75, 3.05) is 0 Å². The van der Waals surface area contributed by atoms with Gasteiger partial charge < -0.3 is 15.7 Å². The highest BCUT2D eigenvalue weighted by Crippen LogP contribution is 2.27. The molecule has 1 saturated carbocycles. The predicted octanol–water partition coefficient (Wildman–Crippen LogP) is 2.27. The molecular formula is C18H18N2O4S. The van der Waals surface area contributed by atoms with Gasteiger partial charge in [-0.05, 0) is 42.0 Å². The number of carboxylic acids is 1. The van der Waals surface area contributed by atoms with E-state index in [4.69, 9.17) is 5.11 Å². The molecule has 0 radical (unpaired) electrons. The van der Waals surface area contributed by atoms with Crippen molar-refractivity contribution in [3.05, 3.63) is 57.8 Å². The number of rotatable bonds is 6. The summed E-state index contributed by atoms with van der Waals surface area (Å²) in [5, 5.41) is 16.4. The second kappa shape index (κ2) is 7.48. The zero-order valence-corrected chi connectivity index (χ0v) is 14.2. The van der Waals surface area contributed by atoms with Gasteiger partial charge in [0.05, 0.1) is 10.8 Å². The van der Waals surface area contributed by atoms with E-state index in [1.807, 2.05) is 11.4 Å². The number of hydrogen-bond donors (Lipinski definition) is 3. The van der Waals surface area contributed by atoms with E-state index in [-0.39, 0.29) is 23.8 Å². The molecule has 1 fully saturated rings. The number of carbonyl (C=O) groups excluding carboxylic acids is 2. The van der Waals surface area contributed by atoms with Crippen LogP contribution in [0.4, 0.5) is 0 Å². The molecule has 1 aromatic heterocycles. The molecule has 0 saturated heterocycles. The lowest BCUT2D eigenvalue weighted by atomic mass is 9.80. The first-order valence-electron chi connectivity index (χ1n) is 7.97. The van der Waals surface area contributed by atoms with Crippen molar-refractivity contribution in [3.63, 3.8) is 0 Å². The van der Waals surface area contributed by atoms with Crippen LogP contribution >= 0.6 is 11.3 Å². The van der Waals surface area contributed by atoms with Gasteiger partial charge in [-0.15, -0.1) is 11.3 Å². The van der Waals surface area contributed by atoms with Crippen LogP contribution in [0.1, 0.15) is 38.4 Å². The molecule has 2 amide bonds. The van der Waals surface area contributed by atoms with Gasteiger partial charge in [-0.25, -0.2) is 0 Å². The van der Waals surface area contributed by atoms with Crippen LogP contribution in [0.5, 0.6) is 0 Å². The number of thiophene rings is 1. The fourth-order valence-corrected chi connectivity index (χ4v) is 3.30. The monoisotopic (exact) mass is 358 g/mol. The molecule has 0 aliphatic heterocycles. The molecule has 7 heteroatoms. The minimum Gasteiger partial charge on any atom is -0.481 e. The van der Waals surface area contributed by atoms with Crippen molar-refractivity contribution in [2.45, 2.75) is 25.4 Å². The Morgan fingerprint density at radius 1 is 1.08 bits per heavy atom. The number of nitrogens with one attached hydrogen (secondary N) is 2. The molecule has 25 heavy (non-hydrogen) atoms. The normalized spacial score (nSPS) is 18.9. The van der Waals surface area contributed by atoms with Gasteiger partial charge in [0.25, 0.3) is 11.8 Å². The Labute approximate surface area is 148 Å². The van der Waals surface area contributed by atoms with Gasteiger partial charge >= 0.3 is 5.97 Å². The standard InChI is InChI=1S/C18H18N2O4S/c21-16(20-14-8-13(9-14)18(23)24)12-5-3-11(4-6-12)10-19-17(22)15-2-1-7-25-15/h1-7,13-14H,8-10H2,(H,19,22)(H,20,21)(H,23,24). The van der Waals surface area contributed by atoms with E-state index in [9.17, 15) is 14.4 Å². The van der Waals surface area contributed by atoms with Gasteiger partial charge in [-0.1, -0.05) is 18.2 Å². The predicted molar refractivity (Wildman–Crippen MR) is 93.5 cm³/mol. The molecule has 0 unspecified atom stereocenters. The Kier molecular flexibility index (Phi) is 5.14. The van der Waals surface area contributed by atoms with E-state index in [1.165, 1.54) is 11.3 Å². The Bertz CT molecular complexity index is 765. The lowest BCUT2D eigenvalue weighted by Gasteiger charge is -2.32. The summed E-state index contributed by atoms with van der Waals surface area (Å²) in [4.78, 5) is 35.4. The van der Waals surface area contributed by atoms with Crippen LogP contribution in [-0.4, -0.2) is 28.9 Å². The summed E-state index contributed by atoms with van der Waals surface area (Å²) < 4.78 is 0. The van der Waals surface area contributed by atoms with E-state index in [2.05, 4.69) is 10.6 Å². The first kappa shape index (κ1) is 17.2. The maximum Gasteiger partial charge on any atom is 0.306 e. The lowest BCUT2D eigenvalue weighted by molar-refractivity contribution is -0.145. The SMILES string of the molecule is O=C(NC1CC(C(=O)O)C1)c1ccc(CNC(=O)c2cccs2)cc1. The molecular weight excluding hydrogens is 340 g/mol. The molecule has 2 aromatic rings. The van der Waals surface area contributed by atoms with E-state index < -0.39 is 5.97 Å². The third-order valence-electron chi connectivity index (χ3n) is 4.24. The molecule has 1 heterocycles. The number of amides is 2. The van der Waals surface area contributed by atoms with Crippen molar-refractivity contribution >= 4 is 29.1 Å². The molecule has 0 atom stereocenters. The van der Waals surface area contributed by atoms with E-state index in [0.717, 1.165) is 5.56 Å². The maximum atomic E-state index is 12.1. The third kappa shape index (κ3) is 4.24. The molecule has 3 N–H and O–H groups in total. The van der Waals surface area contributed by atoms with Crippen LogP contribution in [0.2, 0.25) is 0 Å². The quantitative estimate of drug-likeness (QED) is 0.738. The minimum absolute atomic E-state index is 0.0710. The van der Waals surface area contributed by atoms with Crippen molar-refractivity contribution < 1.29 is 19.5 Å². The molecule has 3 rings (SSSR count). The average molecular weight is 358 g/mol. The van der Waals surface area contributed by atoms with Crippen molar-refractivity contribution in [2.24, 2.45) is 5.92 Å². The molecule has 0 spiro atoms. The Morgan fingerprint density at radius 3 is 2.40 bits per heavy atom. The molecule has 130 valence electrons. The van der Waals surface area contributed by atoms with E-state index in [0.29, 0.717) is 29.8 Å². The van der Waals surface area contributed by atoms with Crippen molar-refractivity contribution in [1.29, 1.82) is 0 Å². The second-order valence-electron chi connectivity index (χ2n) is 6.03. The zero-order valence-electron chi connectivity index (χ0n) is 13.4.